The van der Waals surface area contributed by atoms with Crippen LogP contribution in [0.3, 0.4) is 0 Å². The van der Waals surface area contributed by atoms with E-state index in [2.05, 4.69) is 36.6 Å². The Bertz CT molecular complexity index is 1880. The Kier molecular flexibility index (Phi) is 23.4. The summed E-state index contributed by atoms with van der Waals surface area (Å²) in [4.78, 5) is 117. The summed E-state index contributed by atoms with van der Waals surface area (Å²) in [5.41, 5.74) is 33.6. The van der Waals surface area contributed by atoms with Crippen LogP contribution in [0.5, 0.6) is 0 Å². The van der Waals surface area contributed by atoms with Gasteiger partial charge in [-0.25, -0.2) is 0 Å². The van der Waals surface area contributed by atoms with Crippen molar-refractivity contribution in [3.63, 3.8) is 0 Å². The fourth-order valence-corrected chi connectivity index (χ4v) is 8.41. The number of likely N-dealkylation sites (tertiary alicyclic amines) is 1. The highest BCUT2D eigenvalue weighted by atomic mass is 16.2. The van der Waals surface area contributed by atoms with Crippen LogP contribution in [0.15, 0.2) is 40.3 Å². The van der Waals surface area contributed by atoms with Crippen LogP contribution in [0.2, 0.25) is 0 Å². The third-order valence-electron chi connectivity index (χ3n) is 11.8. The van der Waals surface area contributed by atoms with Crippen molar-refractivity contribution in [2.75, 3.05) is 19.6 Å². The molecule has 1 saturated heterocycles. The number of aliphatic imine (C=N–C) groups is 2. The minimum Gasteiger partial charge on any atom is -0.370 e. The van der Waals surface area contributed by atoms with Gasteiger partial charge in [-0.05, 0) is 75.2 Å². The van der Waals surface area contributed by atoms with Gasteiger partial charge in [0.25, 0.3) is 0 Å². The molecule has 372 valence electrons. The van der Waals surface area contributed by atoms with Crippen molar-refractivity contribution in [2.24, 2.45) is 56.2 Å². The lowest BCUT2D eigenvalue weighted by molar-refractivity contribution is -0.143. The highest BCUT2D eigenvalue weighted by Gasteiger charge is 2.40. The molecule has 0 spiro atoms. The van der Waals surface area contributed by atoms with E-state index in [-0.39, 0.29) is 87.8 Å². The van der Waals surface area contributed by atoms with Gasteiger partial charge < -0.3 is 65.9 Å². The fraction of sp³-hybridized carbons (Fsp3) is 0.644. The Balaban J connectivity index is 1.87. The average molecular weight is 939 g/mol. The molecule has 0 unspecified atom stereocenters. The Labute approximate surface area is 392 Å². The van der Waals surface area contributed by atoms with E-state index < -0.39 is 84.0 Å². The number of hydrogen-bond acceptors (Lipinski definition) is 10. The zero-order valence-corrected chi connectivity index (χ0v) is 39.0. The number of nitrogens with two attached hydrogens (primary N) is 6. The number of nitrogens with zero attached hydrogens (tertiary/aromatic N) is 3. The van der Waals surface area contributed by atoms with Gasteiger partial charge in [-0.2, -0.15) is 0 Å². The largest absolute Gasteiger partial charge is 0.370 e. The van der Waals surface area contributed by atoms with Crippen LogP contribution in [0.25, 0.3) is 0 Å². The number of hydrogen-bond donors (Lipinski definition) is 11. The molecule has 0 radical (unpaired) electrons. The summed E-state index contributed by atoms with van der Waals surface area (Å²) in [6, 6.07) is 2.56. The quantitative estimate of drug-likeness (QED) is 0.0260. The summed E-state index contributed by atoms with van der Waals surface area (Å²) in [6.07, 6.45) is 6.59. The van der Waals surface area contributed by atoms with Gasteiger partial charge in [0.05, 0.1) is 6.42 Å². The number of carbonyl (C=O) groups excluding carboxylic acids is 8. The van der Waals surface area contributed by atoms with E-state index in [4.69, 9.17) is 34.4 Å². The van der Waals surface area contributed by atoms with Crippen LogP contribution in [-0.4, -0.2) is 120 Å². The first-order valence-electron chi connectivity index (χ1n) is 23.4. The van der Waals surface area contributed by atoms with Crippen LogP contribution < -0.4 is 61.0 Å². The standard InChI is InChI=1S/C45H74N14O8/c1-27(2)24-33(54-37(61)20-19-28-12-5-3-6-13-28)40(64)58-34(25-29-14-7-4-8-15-29)41(65)56-31(17-10-22-53-45(50)51)43(67)59-23-11-18-35(59)42(66)55-30(16-9-21-52-44(48)49)39(63)57-32(38(47)62)26-36(46)60/h3,5-6,12-13,27,29-35H,4,7-11,14-26H2,1-2H3,(H2,46,60)(H2,47,62)(H,54,61)(H,55,66)(H,56,65)(H,57,63)(H,58,64)(H4,48,49,52)(H4,50,51,53)/t30-,31-,32-,33-,34-,35-/m0/s1. The predicted molar refractivity (Wildman–Crippen MR) is 253 cm³/mol. The summed E-state index contributed by atoms with van der Waals surface area (Å²) in [5, 5.41) is 13.8. The zero-order valence-electron chi connectivity index (χ0n) is 39.0. The second-order valence-electron chi connectivity index (χ2n) is 17.9. The molecule has 17 N–H and O–H groups in total. The van der Waals surface area contributed by atoms with E-state index in [9.17, 15) is 38.4 Å². The van der Waals surface area contributed by atoms with E-state index in [1.54, 1.807) is 0 Å². The number of primary amides is 2. The molecule has 1 saturated carbocycles. The summed E-state index contributed by atoms with van der Waals surface area (Å²) >= 11 is 0. The highest BCUT2D eigenvalue weighted by molar-refractivity contribution is 5.97. The van der Waals surface area contributed by atoms with E-state index in [1.165, 1.54) is 4.90 Å². The van der Waals surface area contributed by atoms with Crippen molar-refractivity contribution in [1.82, 2.24) is 31.5 Å². The molecule has 22 heteroatoms. The molecule has 1 aliphatic heterocycles. The number of guanidine groups is 2. The molecule has 67 heavy (non-hydrogen) atoms. The highest BCUT2D eigenvalue weighted by Crippen LogP contribution is 2.28. The number of amides is 8. The normalized spacial score (nSPS) is 17.1. The minimum absolute atomic E-state index is 0.00988. The maximum Gasteiger partial charge on any atom is 0.245 e. The SMILES string of the molecule is CC(C)C[C@H](NC(=O)CCc1ccccc1)C(=O)N[C@@H](CC1CCCCC1)C(=O)N[C@@H](CCCN=C(N)N)C(=O)N1CCC[C@H]1C(=O)N[C@@H](CCCN=C(N)N)C(=O)N[C@@H](CC(N)=O)C(N)=O. The predicted octanol–water partition coefficient (Wildman–Crippen LogP) is -1.48. The summed E-state index contributed by atoms with van der Waals surface area (Å²) in [7, 11) is 0. The lowest BCUT2D eigenvalue weighted by Gasteiger charge is -2.32. The summed E-state index contributed by atoms with van der Waals surface area (Å²) in [6.45, 7) is 4.24. The van der Waals surface area contributed by atoms with E-state index >= 15 is 0 Å². The molecule has 2 fully saturated rings. The maximum atomic E-state index is 14.6. The van der Waals surface area contributed by atoms with Gasteiger partial charge in [-0.15, -0.1) is 0 Å². The second kappa shape index (κ2) is 28.5. The van der Waals surface area contributed by atoms with Crippen molar-refractivity contribution in [1.29, 1.82) is 0 Å². The fourth-order valence-electron chi connectivity index (χ4n) is 8.41. The number of nitrogens with one attached hydrogen (secondary N) is 5. The van der Waals surface area contributed by atoms with Gasteiger partial charge in [0.15, 0.2) is 11.9 Å². The monoisotopic (exact) mass is 939 g/mol. The Morgan fingerprint density at radius 2 is 1.22 bits per heavy atom. The van der Waals surface area contributed by atoms with Gasteiger partial charge in [-0.3, -0.25) is 48.3 Å². The molecule has 6 atom stereocenters. The van der Waals surface area contributed by atoms with Crippen LogP contribution in [0.1, 0.15) is 116 Å². The molecule has 3 rings (SSSR count). The second-order valence-corrected chi connectivity index (χ2v) is 17.9. The molecule has 1 aromatic carbocycles. The molecule has 1 aliphatic carbocycles. The maximum absolute atomic E-state index is 14.6. The van der Waals surface area contributed by atoms with Crippen molar-refractivity contribution >= 4 is 59.2 Å². The number of aryl methyl sites for hydroxylation is 1. The Morgan fingerprint density at radius 1 is 0.657 bits per heavy atom. The van der Waals surface area contributed by atoms with Gasteiger partial charge in [0, 0.05) is 26.1 Å². The third kappa shape index (κ3) is 20.3. The lowest BCUT2D eigenvalue weighted by atomic mass is 9.84. The van der Waals surface area contributed by atoms with Crippen molar-refractivity contribution in [3.8, 4) is 0 Å². The summed E-state index contributed by atoms with van der Waals surface area (Å²) < 4.78 is 0. The zero-order chi connectivity index (χ0) is 49.5. The molecule has 22 nitrogen and oxygen atoms in total. The number of rotatable bonds is 28. The van der Waals surface area contributed by atoms with Crippen molar-refractivity contribution in [3.05, 3.63) is 35.9 Å². The van der Waals surface area contributed by atoms with Crippen LogP contribution in [-0.2, 0) is 44.8 Å². The topological polar surface area (TPSA) is 381 Å². The molecule has 1 heterocycles. The lowest BCUT2D eigenvalue weighted by Crippen LogP contribution is -2.59. The molecule has 0 bridgehead atoms. The first-order valence-corrected chi connectivity index (χ1v) is 23.4. The smallest absolute Gasteiger partial charge is 0.245 e. The number of carbonyl (C=O) groups is 8. The van der Waals surface area contributed by atoms with Crippen molar-refractivity contribution in [2.45, 2.75) is 153 Å². The Morgan fingerprint density at radius 3 is 1.81 bits per heavy atom. The van der Waals surface area contributed by atoms with Gasteiger partial charge >= 0.3 is 0 Å². The number of benzene rings is 1. The average Bonchev–Trinajstić information content (AvgIpc) is 3.77. The molecule has 0 aromatic heterocycles. The van der Waals surface area contributed by atoms with E-state index in [0.29, 0.717) is 25.7 Å². The molecule has 8 amide bonds. The third-order valence-corrected chi connectivity index (χ3v) is 11.8. The van der Waals surface area contributed by atoms with Crippen molar-refractivity contribution < 1.29 is 38.4 Å². The molecular formula is C45H74N14O8. The Hall–Kier alpha value is -6.48. The van der Waals surface area contributed by atoms with Gasteiger partial charge in [-0.1, -0.05) is 76.3 Å². The molecular weight excluding hydrogens is 865 g/mol. The first-order chi connectivity index (χ1) is 31.8. The van der Waals surface area contributed by atoms with Gasteiger partial charge in [0.1, 0.15) is 36.3 Å². The summed E-state index contributed by atoms with van der Waals surface area (Å²) in [5.74, 6) is -5.63. The van der Waals surface area contributed by atoms with Crippen LogP contribution >= 0.6 is 0 Å². The van der Waals surface area contributed by atoms with Crippen LogP contribution in [0, 0.1) is 11.8 Å². The molecule has 2 aliphatic rings. The van der Waals surface area contributed by atoms with E-state index in [1.807, 2.05) is 44.2 Å². The molecule has 1 aromatic rings. The van der Waals surface area contributed by atoms with Gasteiger partial charge in [0.2, 0.25) is 47.3 Å². The first kappa shape index (κ1) is 54.9. The van der Waals surface area contributed by atoms with E-state index in [0.717, 1.165) is 37.7 Å². The van der Waals surface area contributed by atoms with Crippen LogP contribution in [0.4, 0.5) is 0 Å². The minimum atomic E-state index is -1.45.